The first-order chi connectivity index (χ1) is 13.1. The van der Waals surface area contributed by atoms with Crippen LogP contribution < -0.4 is 10.1 Å². The van der Waals surface area contributed by atoms with Gasteiger partial charge < -0.3 is 19.9 Å². The summed E-state index contributed by atoms with van der Waals surface area (Å²) in [6, 6.07) is 17.0. The van der Waals surface area contributed by atoms with Crippen molar-refractivity contribution in [1.82, 2.24) is 5.32 Å². The first-order valence-corrected chi connectivity index (χ1v) is 9.08. The molecule has 2 aromatic carbocycles. The highest BCUT2D eigenvalue weighted by molar-refractivity contribution is 5.84. The maximum Gasteiger partial charge on any atom is 0.408 e. The number of rotatable bonds is 7. The molecule has 0 aliphatic rings. The third-order valence-electron chi connectivity index (χ3n) is 3.98. The van der Waals surface area contributed by atoms with Crippen molar-refractivity contribution in [2.24, 2.45) is 0 Å². The molecular formula is C22H27NO5. The van der Waals surface area contributed by atoms with Crippen molar-refractivity contribution in [2.75, 3.05) is 0 Å². The molecule has 0 bridgehead atoms. The number of ether oxygens (including phenoxy) is 2. The van der Waals surface area contributed by atoms with Crippen molar-refractivity contribution >= 4 is 12.1 Å². The van der Waals surface area contributed by atoms with E-state index in [0.717, 1.165) is 11.1 Å². The number of carbonyl (C=O) groups is 2. The highest BCUT2D eigenvalue weighted by atomic mass is 16.6. The van der Waals surface area contributed by atoms with E-state index in [2.05, 4.69) is 5.32 Å². The van der Waals surface area contributed by atoms with Crippen molar-refractivity contribution in [3.63, 3.8) is 0 Å². The van der Waals surface area contributed by atoms with Crippen LogP contribution in [0.15, 0.2) is 54.6 Å². The molecule has 0 saturated heterocycles. The Hall–Kier alpha value is -3.02. The zero-order chi connectivity index (χ0) is 20.8. The third-order valence-corrected chi connectivity index (χ3v) is 3.98. The molecule has 28 heavy (non-hydrogen) atoms. The van der Waals surface area contributed by atoms with E-state index < -0.39 is 23.2 Å². The summed E-state index contributed by atoms with van der Waals surface area (Å²) >= 11 is 0. The minimum Gasteiger partial charge on any atom is -0.489 e. The van der Waals surface area contributed by atoms with Crippen LogP contribution in [0.25, 0.3) is 0 Å². The molecule has 0 spiro atoms. The van der Waals surface area contributed by atoms with Crippen LogP contribution in [0, 0.1) is 0 Å². The second-order valence-corrected chi connectivity index (χ2v) is 7.86. The van der Waals surface area contributed by atoms with Gasteiger partial charge in [0.1, 0.15) is 23.5 Å². The monoisotopic (exact) mass is 385 g/mol. The summed E-state index contributed by atoms with van der Waals surface area (Å²) in [5.74, 6) is -0.451. The van der Waals surface area contributed by atoms with Crippen molar-refractivity contribution in [1.29, 1.82) is 0 Å². The maximum absolute atomic E-state index is 12.0. The van der Waals surface area contributed by atoms with E-state index in [0.29, 0.717) is 12.4 Å². The van der Waals surface area contributed by atoms with Crippen molar-refractivity contribution in [3.8, 4) is 5.75 Å². The third kappa shape index (κ3) is 6.61. The fourth-order valence-electron chi connectivity index (χ4n) is 2.55. The Labute approximate surface area is 165 Å². The molecule has 0 saturated carbocycles. The largest absolute Gasteiger partial charge is 0.489 e. The quantitative estimate of drug-likeness (QED) is 0.747. The van der Waals surface area contributed by atoms with Crippen molar-refractivity contribution in [2.45, 2.75) is 51.9 Å². The van der Waals surface area contributed by atoms with Crippen LogP contribution >= 0.6 is 0 Å². The van der Waals surface area contributed by atoms with Crippen LogP contribution in [-0.4, -0.2) is 28.3 Å². The Morgan fingerprint density at radius 3 is 2.07 bits per heavy atom. The average molecular weight is 385 g/mol. The molecule has 0 aliphatic heterocycles. The molecule has 2 rings (SSSR count). The lowest BCUT2D eigenvalue weighted by Crippen LogP contribution is -2.54. The highest BCUT2D eigenvalue weighted by Crippen LogP contribution is 2.19. The van der Waals surface area contributed by atoms with E-state index in [9.17, 15) is 14.7 Å². The minimum absolute atomic E-state index is 0.112. The lowest BCUT2D eigenvalue weighted by molar-refractivity contribution is -0.144. The summed E-state index contributed by atoms with van der Waals surface area (Å²) in [6.07, 6.45) is -0.652. The van der Waals surface area contributed by atoms with E-state index in [1.165, 1.54) is 6.92 Å². The molecule has 0 fully saturated rings. The van der Waals surface area contributed by atoms with E-state index >= 15 is 0 Å². The van der Waals surface area contributed by atoms with Crippen LogP contribution in [0.5, 0.6) is 5.75 Å². The number of benzene rings is 2. The summed E-state index contributed by atoms with van der Waals surface area (Å²) in [7, 11) is 0. The second-order valence-electron chi connectivity index (χ2n) is 7.86. The molecule has 150 valence electrons. The van der Waals surface area contributed by atoms with Crippen molar-refractivity contribution in [3.05, 3.63) is 65.7 Å². The van der Waals surface area contributed by atoms with Gasteiger partial charge in [-0.3, -0.25) is 0 Å². The molecule has 2 N–H and O–H groups in total. The van der Waals surface area contributed by atoms with Crippen LogP contribution in [0.4, 0.5) is 4.79 Å². The van der Waals surface area contributed by atoms with Crippen LogP contribution in [-0.2, 0) is 22.6 Å². The fourth-order valence-corrected chi connectivity index (χ4v) is 2.55. The minimum atomic E-state index is -1.49. The Bertz CT molecular complexity index is 796. The number of carboxylic acids is 1. The molecule has 0 heterocycles. The summed E-state index contributed by atoms with van der Waals surface area (Å²) < 4.78 is 10.9. The molecule has 0 unspecified atom stereocenters. The van der Waals surface area contributed by atoms with Gasteiger partial charge in [0.25, 0.3) is 0 Å². The molecule has 2 aromatic rings. The number of amides is 1. The van der Waals surface area contributed by atoms with Crippen LogP contribution in [0.2, 0.25) is 0 Å². The smallest absolute Gasteiger partial charge is 0.408 e. The zero-order valence-corrected chi connectivity index (χ0v) is 16.7. The standard InChI is InChI=1S/C22H27NO5/c1-21(2,3)28-20(26)23-22(4,19(24)25)14-16-10-12-18(13-11-16)27-15-17-8-6-5-7-9-17/h5-13H,14-15H2,1-4H3,(H,23,26)(H,24,25)/t22-/m0/s1. The van der Waals surface area contributed by atoms with E-state index in [1.54, 1.807) is 45.0 Å². The number of carbonyl (C=O) groups excluding carboxylic acids is 1. The maximum atomic E-state index is 12.0. The van der Waals surface area contributed by atoms with Gasteiger partial charge in [-0.1, -0.05) is 42.5 Å². The normalized spacial score (nSPS) is 13.3. The molecule has 6 nitrogen and oxygen atoms in total. The lowest BCUT2D eigenvalue weighted by Gasteiger charge is -2.28. The first-order valence-electron chi connectivity index (χ1n) is 9.08. The highest BCUT2D eigenvalue weighted by Gasteiger charge is 2.36. The van der Waals surface area contributed by atoms with Gasteiger partial charge in [-0.15, -0.1) is 0 Å². The average Bonchev–Trinajstić information content (AvgIpc) is 2.60. The topological polar surface area (TPSA) is 84.9 Å². The van der Waals surface area contributed by atoms with Gasteiger partial charge in [0.15, 0.2) is 0 Å². The number of alkyl carbamates (subject to hydrolysis) is 1. The number of carboxylic acid groups (broad SMARTS) is 1. The molecule has 0 aliphatic carbocycles. The van der Waals surface area contributed by atoms with Gasteiger partial charge in [-0.25, -0.2) is 9.59 Å². The molecule has 1 atom stereocenters. The summed E-state index contributed by atoms with van der Waals surface area (Å²) in [6.45, 7) is 7.07. The molecule has 1 amide bonds. The Balaban J connectivity index is 2.00. The van der Waals surface area contributed by atoms with Gasteiger partial charge >= 0.3 is 12.1 Å². The Morgan fingerprint density at radius 1 is 0.929 bits per heavy atom. The van der Waals surface area contributed by atoms with Gasteiger partial charge in [-0.05, 0) is 51.0 Å². The number of aliphatic carboxylic acids is 1. The zero-order valence-electron chi connectivity index (χ0n) is 16.7. The fraction of sp³-hybridized carbons (Fsp3) is 0.364. The number of hydrogen-bond donors (Lipinski definition) is 2. The molecule has 0 radical (unpaired) electrons. The molecular weight excluding hydrogens is 358 g/mol. The van der Waals surface area contributed by atoms with Crippen molar-refractivity contribution < 1.29 is 24.2 Å². The first kappa shape index (κ1) is 21.3. The predicted octanol–water partition coefficient (Wildman–Crippen LogP) is 4.18. The van der Waals surface area contributed by atoms with Crippen LogP contribution in [0.3, 0.4) is 0 Å². The predicted molar refractivity (Wildman–Crippen MR) is 106 cm³/mol. The second kappa shape index (κ2) is 8.78. The van der Waals surface area contributed by atoms with E-state index in [-0.39, 0.29) is 6.42 Å². The number of nitrogens with one attached hydrogen (secondary N) is 1. The van der Waals surface area contributed by atoms with E-state index in [4.69, 9.17) is 9.47 Å². The van der Waals surface area contributed by atoms with Gasteiger partial charge in [0, 0.05) is 6.42 Å². The Kier molecular flexibility index (Phi) is 6.67. The Morgan fingerprint density at radius 2 is 1.54 bits per heavy atom. The summed E-state index contributed by atoms with van der Waals surface area (Å²) in [4.78, 5) is 23.8. The number of hydrogen-bond acceptors (Lipinski definition) is 4. The van der Waals surface area contributed by atoms with Crippen LogP contribution in [0.1, 0.15) is 38.8 Å². The SMILES string of the molecule is CC(C)(C)OC(=O)N[C@@](C)(Cc1ccc(OCc2ccccc2)cc1)C(=O)O. The lowest BCUT2D eigenvalue weighted by atomic mass is 9.93. The summed E-state index contributed by atoms with van der Waals surface area (Å²) in [5, 5.41) is 12.1. The van der Waals surface area contributed by atoms with Gasteiger partial charge in [-0.2, -0.15) is 0 Å². The van der Waals surface area contributed by atoms with Gasteiger partial charge in [0.2, 0.25) is 0 Å². The van der Waals surface area contributed by atoms with Gasteiger partial charge in [0.05, 0.1) is 0 Å². The van der Waals surface area contributed by atoms with E-state index in [1.807, 2.05) is 30.3 Å². The molecule has 0 aromatic heterocycles. The summed E-state index contributed by atoms with van der Waals surface area (Å²) in [5.41, 5.74) is -0.379. The molecule has 6 heteroatoms.